The van der Waals surface area contributed by atoms with E-state index >= 15 is 0 Å². The molecular formula is C20H26OS. The minimum absolute atomic E-state index is 0.787. The Hall–Kier alpha value is -1.41. The summed E-state index contributed by atoms with van der Waals surface area (Å²) in [6.45, 7) is 5.20. The fourth-order valence-corrected chi connectivity index (χ4v) is 2.95. The summed E-state index contributed by atoms with van der Waals surface area (Å²) in [5.74, 6) is 1.03. The van der Waals surface area contributed by atoms with Crippen LogP contribution in [0.15, 0.2) is 47.4 Å². The van der Waals surface area contributed by atoms with Gasteiger partial charge in [-0.25, -0.2) is 0 Å². The molecule has 0 unspecified atom stereocenters. The Balaban J connectivity index is 2.42. The van der Waals surface area contributed by atoms with Crippen LogP contribution >= 0.6 is 12.6 Å². The van der Waals surface area contributed by atoms with Crippen LogP contribution in [0.1, 0.15) is 45.1 Å². The summed E-state index contributed by atoms with van der Waals surface area (Å²) in [7, 11) is 0. The monoisotopic (exact) mass is 314 g/mol. The zero-order valence-electron chi connectivity index (χ0n) is 13.6. The topological polar surface area (TPSA) is 9.23 Å². The third kappa shape index (κ3) is 4.30. The van der Waals surface area contributed by atoms with Gasteiger partial charge in [-0.1, -0.05) is 57.0 Å². The van der Waals surface area contributed by atoms with Gasteiger partial charge in [0, 0.05) is 16.0 Å². The number of thiol groups is 1. The number of benzene rings is 2. The van der Waals surface area contributed by atoms with Crippen LogP contribution in [0.4, 0.5) is 0 Å². The zero-order valence-corrected chi connectivity index (χ0v) is 14.5. The SMILES string of the molecule is CCCCOc1ccc(S)c(-c2ccccc2)c1CCCC. The van der Waals surface area contributed by atoms with E-state index in [0.717, 1.165) is 36.5 Å². The zero-order chi connectivity index (χ0) is 15.8. The molecule has 0 radical (unpaired) electrons. The number of hydrogen-bond acceptors (Lipinski definition) is 2. The molecule has 1 nitrogen and oxygen atoms in total. The van der Waals surface area contributed by atoms with E-state index in [0.29, 0.717) is 0 Å². The van der Waals surface area contributed by atoms with E-state index in [2.05, 4.69) is 56.3 Å². The van der Waals surface area contributed by atoms with Crippen LogP contribution in [-0.2, 0) is 6.42 Å². The van der Waals surface area contributed by atoms with Crippen LogP contribution in [0.3, 0.4) is 0 Å². The van der Waals surface area contributed by atoms with Crippen molar-refractivity contribution in [3.8, 4) is 16.9 Å². The molecule has 0 saturated carbocycles. The Morgan fingerprint density at radius 1 is 0.909 bits per heavy atom. The molecule has 0 N–H and O–H groups in total. The molecule has 2 heteroatoms. The Kier molecular flexibility index (Phi) is 6.85. The molecule has 0 heterocycles. The standard InChI is InChI=1S/C20H26OS/c1-3-5-12-17-18(21-15-6-4-2)13-14-19(22)20(17)16-10-8-7-9-11-16/h7-11,13-14,22H,3-6,12,15H2,1-2H3. The summed E-state index contributed by atoms with van der Waals surface area (Å²) >= 11 is 4.70. The first-order valence-electron chi connectivity index (χ1n) is 8.31. The molecule has 0 spiro atoms. The first-order chi connectivity index (χ1) is 10.8. The van der Waals surface area contributed by atoms with Crippen LogP contribution in [0, 0.1) is 0 Å². The molecular weight excluding hydrogens is 288 g/mol. The molecule has 2 rings (SSSR count). The van der Waals surface area contributed by atoms with Crippen LogP contribution in [-0.4, -0.2) is 6.61 Å². The lowest BCUT2D eigenvalue weighted by molar-refractivity contribution is 0.306. The van der Waals surface area contributed by atoms with Crippen molar-refractivity contribution in [1.29, 1.82) is 0 Å². The van der Waals surface area contributed by atoms with Crippen LogP contribution < -0.4 is 4.74 Å². The summed E-state index contributed by atoms with van der Waals surface area (Å²) in [5.41, 5.74) is 3.75. The van der Waals surface area contributed by atoms with E-state index in [4.69, 9.17) is 17.4 Å². The van der Waals surface area contributed by atoms with Crippen LogP contribution in [0.2, 0.25) is 0 Å². The first kappa shape index (κ1) is 17.0. The maximum atomic E-state index is 6.06. The largest absolute Gasteiger partial charge is 0.493 e. The lowest BCUT2D eigenvalue weighted by Crippen LogP contribution is -2.02. The van der Waals surface area contributed by atoms with E-state index in [-0.39, 0.29) is 0 Å². The summed E-state index contributed by atoms with van der Waals surface area (Å²) in [6.07, 6.45) is 5.63. The van der Waals surface area contributed by atoms with Gasteiger partial charge < -0.3 is 4.74 Å². The van der Waals surface area contributed by atoms with Gasteiger partial charge in [-0.05, 0) is 37.0 Å². The molecule has 0 amide bonds. The lowest BCUT2D eigenvalue weighted by Gasteiger charge is -2.18. The molecule has 0 aliphatic heterocycles. The average molecular weight is 314 g/mol. The van der Waals surface area contributed by atoms with Crippen molar-refractivity contribution in [1.82, 2.24) is 0 Å². The summed E-state index contributed by atoms with van der Waals surface area (Å²) in [4.78, 5) is 1.03. The Bertz CT molecular complexity index is 578. The van der Waals surface area contributed by atoms with Crippen molar-refractivity contribution in [3.05, 3.63) is 48.0 Å². The smallest absolute Gasteiger partial charge is 0.123 e. The minimum atomic E-state index is 0.787. The van der Waals surface area contributed by atoms with Gasteiger partial charge in [0.1, 0.15) is 5.75 Å². The molecule has 2 aromatic carbocycles. The van der Waals surface area contributed by atoms with Gasteiger partial charge in [-0.2, -0.15) is 0 Å². The van der Waals surface area contributed by atoms with Gasteiger partial charge in [-0.3, -0.25) is 0 Å². The van der Waals surface area contributed by atoms with Crippen LogP contribution in [0.5, 0.6) is 5.75 Å². The van der Waals surface area contributed by atoms with Crippen molar-refractivity contribution in [3.63, 3.8) is 0 Å². The van der Waals surface area contributed by atoms with E-state index in [9.17, 15) is 0 Å². The quantitative estimate of drug-likeness (QED) is 0.453. The Morgan fingerprint density at radius 2 is 1.64 bits per heavy atom. The molecule has 118 valence electrons. The second-order valence-electron chi connectivity index (χ2n) is 5.61. The maximum Gasteiger partial charge on any atom is 0.123 e. The molecule has 0 fully saturated rings. The summed E-state index contributed by atoms with van der Waals surface area (Å²) < 4.78 is 6.06. The first-order valence-corrected chi connectivity index (χ1v) is 8.75. The second kappa shape index (κ2) is 8.89. The molecule has 0 aliphatic rings. The van der Waals surface area contributed by atoms with Gasteiger partial charge in [0.25, 0.3) is 0 Å². The highest BCUT2D eigenvalue weighted by molar-refractivity contribution is 7.80. The lowest BCUT2D eigenvalue weighted by atomic mass is 9.95. The molecule has 0 aliphatic carbocycles. The van der Waals surface area contributed by atoms with Gasteiger partial charge in [0.05, 0.1) is 6.61 Å². The Labute approximate surface area is 140 Å². The van der Waals surface area contributed by atoms with Gasteiger partial charge >= 0.3 is 0 Å². The number of ether oxygens (including phenoxy) is 1. The van der Waals surface area contributed by atoms with Gasteiger partial charge in [0.2, 0.25) is 0 Å². The van der Waals surface area contributed by atoms with Gasteiger partial charge in [-0.15, -0.1) is 12.6 Å². The molecule has 0 atom stereocenters. The highest BCUT2D eigenvalue weighted by Crippen LogP contribution is 2.37. The normalized spacial score (nSPS) is 10.7. The van der Waals surface area contributed by atoms with Crippen LogP contribution in [0.25, 0.3) is 11.1 Å². The summed E-state index contributed by atoms with van der Waals surface area (Å²) in [5, 5.41) is 0. The van der Waals surface area contributed by atoms with Gasteiger partial charge in [0.15, 0.2) is 0 Å². The Morgan fingerprint density at radius 3 is 2.32 bits per heavy atom. The third-order valence-electron chi connectivity index (χ3n) is 3.85. The van der Waals surface area contributed by atoms with E-state index in [1.54, 1.807) is 0 Å². The minimum Gasteiger partial charge on any atom is -0.493 e. The van der Waals surface area contributed by atoms with Crippen molar-refractivity contribution < 1.29 is 4.74 Å². The van der Waals surface area contributed by atoms with Crippen molar-refractivity contribution in [2.45, 2.75) is 50.8 Å². The number of unbranched alkanes of at least 4 members (excludes halogenated alkanes) is 2. The van der Waals surface area contributed by atoms with Crippen molar-refractivity contribution in [2.75, 3.05) is 6.61 Å². The average Bonchev–Trinajstić information content (AvgIpc) is 2.55. The predicted octanol–water partition coefficient (Wildman–Crippen LogP) is 6.16. The number of hydrogen-bond donors (Lipinski definition) is 1. The van der Waals surface area contributed by atoms with Crippen molar-refractivity contribution in [2.24, 2.45) is 0 Å². The third-order valence-corrected chi connectivity index (χ3v) is 4.22. The van der Waals surface area contributed by atoms with E-state index < -0.39 is 0 Å². The highest BCUT2D eigenvalue weighted by atomic mass is 32.1. The highest BCUT2D eigenvalue weighted by Gasteiger charge is 2.14. The van der Waals surface area contributed by atoms with Crippen molar-refractivity contribution >= 4 is 12.6 Å². The predicted molar refractivity (Wildman–Crippen MR) is 98.1 cm³/mol. The maximum absolute atomic E-state index is 6.06. The van der Waals surface area contributed by atoms with E-state index in [1.165, 1.54) is 29.5 Å². The second-order valence-corrected chi connectivity index (χ2v) is 6.09. The summed E-state index contributed by atoms with van der Waals surface area (Å²) in [6, 6.07) is 14.7. The molecule has 2 aromatic rings. The van der Waals surface area contributed by atoms with E-state index in [1.807, 2.05) is 0 Å². The fraction of sp³-hybridized carbons (Fsp3) is 0.400. The molecule has 0 bridgehead atoms. The number of rotatable bonds is 8. The molecule has 0 saturated heterocycles. The molecule has 22 heavy (non-hydrogen) atoms. The molecule has 0 aromatic heterocycles. The fourth-order valence-electron chi connectivity index (χ4n) is 2.61.